The number of hydrogen-bond donors (Lipinski definition) is 1. The fourth-order valence-electron chi connectivity index (χ4n) is 2.47. The second kappa shape index (κ2) is 7.76. The number of aryl methyl sites for hydroxylation is 1. The van der Waals surface area contributed by atoms with Crippen LogP contribution in [0.15, 0.2) is 42.5 Å². The van der Waals surface area contributed by atoms with Gasteiger partial charge in [-0.2, -0.15) is 0 Å². The van der Waals surface area contributed by atoms with Gasteiger partial charge in [0, 0.05) is 10.6 Å². The molecular weight excluding hydrogens is 374 g/mol. The number of thiazole rings is 1. The van der Waals surface area contributed by atoms with Gasteiger partial charge in [0.05, 0.1) is 18.4 Å². The van der Waals surface area contributed by atoms with Gasteiger partial charge in [-0.25, -0.2) is 9.78 Å². The van der Waals surface area contributed by atoms with E-state index < -0.39 is 5.97 Å². The van der Waals surface area contributed by atoms with Crippen LogP contribution >= 0.6 is 22.9 Å². The molecular formula is C19H16ClNO4S. The largest absolute Gasteiger partial charge is 0.493 e. The molecule has 1 heterocycles. The topological polar surface area (TPSA) is 68.7 Å². The normalized spacial score (nSPS) is 10.6. The number of carbonyl (C=O) groups is 1. The molecule has 0 spiro atoms. The Kier molecular flexibility index (Phi) is 5.44. The number of aromatic carboxylic acids is 1. The third-order valence-corrected chi connectivity index (χ3v) is 5.30. The van der Waals surface area contributed by atoms with E-state index in [4.69, 9.17) is 21.1 Å². The van der Waals surface area contributed by atoms with E-state index in [9.17, 15) is 9.90 Å². The van der Waals surface area contributed by atoms with E-state index in [1.807, 2.05) is 30.3 Å². The third-order valence-electron chi connectivity index (χ3n) is 3.75. The number of hydrogen-bond acceptors (Lipinski definition) is 5. The molecule has 0 aliphatic rings. The maximum Gasteiger partial charge on any atom is 0.347 e. The summed E-state index contributed by atoms with van der Waals surface area (Å²) in [6, 6.07) is 12.8. The van der Waals surface area contributed by atoms with Gasteiger partial charge in [-0.3, -0.25) is 0 Å². The molecule has 7 heteroatoms. The van der Waals surface area contributed by atoms with Crippen molar-refractivity contribution in [3.8, 4) is 22.1 Å². The van der Waals surface area contributed by atoms with Gasteiger partial charge in [0.1, 0.15) is 16.5 Å². The van der Waals surface area contributed by atoms with Crippen molar-refractivity contribution in [3.05, 3.63) is 63.6 Å². The molecule has 0 aliphatic heterocycles. The summed E-state index contributed by atoms with van der Waals surface area (Å²) in [5, 5.41) is 10.5. The van der Waals surface area contributed by atoms with Crippen molar-refractivity contribution >= 4 is 28.9 Å². The number of para-hydroxylation sites is 1. The monoisotopic (exact) mass is 389 g/mol. The van der Waals surface area contributed by atoms with Crippen LogP contribution in [0.5, 0.6) is 11.5 Å². The smallest absolute Gasteiger partial charge is 0.347 e. The molecule has 3 aromatic rings. The first kappa shape index (κ1) is 18.2. The Morgan fingerprint density at radius 3 is 2.65 bits per heavy atom. The summed E-state index contributed by atoms with van der Waals surface area (Å²) in [5.41, 5.74) is 1.99. The Hall–Kier alpha value is -2.57. The minimum Gasteiger partial charge on any atom is -0.493 e. The summed E-state index contributed by atoms with van der Waals surface area (Å²) >= 11 is 7.30. The van der Waals surface area contributed by atoms with Gasteiger partial charge in [-0.1, -0.05) is 35.9 Å². The van der Waals surface area contributed by atoms with Gasteiger partial charge in [-0.05, 0) is 25.1 Å². The molecule has 5 nitrogen and oxygen atoms in total. The van der Waals surface area contributed by atoms with Crippen LogP contribution in [0, 0.1) is 6.92 Å². The van der Waals surface area contributed by atoms with Gasteiger partial charge in [0.25, 0.3) is 0 Å². The fraction of sp³-hybridized carbons (Fsp3) is 0.158. The standard InChI is InChI=1S/C19H16ClNO4S/c1-11-17(19(22)23)26-18(21-11)13-7-5-9-15(24-2)16(13)25-10-12-6-3-4-8-14(12)20/h3-9H,10H2,1-2H3,(H,22,23). The molecule has 134 valence electrons. The molecule has 2 aromatic carbocycles. The van der Waals surface area contributed by atoms with Gasteiger partial charge >= 0.3 is 5.97 Å². The summed E-state index contributed by atoms with van der Waals surface area (Å²) in [7, 11) is 1.55. The lowest BCUT2D eigenvalue weighted by Gasteiger charge is -2.14. The Bertz CT molecular complexity index is 954. The molecule has 0 bridgehead atoms. The average Bonchev–Trinajstić information content (AvgIpc) is 3.02. The van der Waals surface area contributed by atoms with E-state index >= 15 is 0 Å². The third kappa shape index (κ3) is 3.66. The van der Waals surface area contributed by atoms with Crippen molar-refractivity contribution in [3.63, 3.8) is 0 Å². The van der Waals surface area contributed by atoms with E-state index in [-0.39, 0.29) is 11.5 Å². The Morgan fingerprint density at radius 2 is 2.00 bits per heavy atom. The molecule has 0 saturated heterocycles. The Morgan fingerprint density at radius 1 is 1.23 bits per heavy atom. The highest BCUT2D eigenvalue weighted by molar-refractivity contribution is 7.17. The zero-order chi connectivity index (χ0) is 18.7. The van der Waals surface area contributed by atoms with E-state index in [1.54, 1.807) is 26.2 Å². The van der Waals surface area contributed by atoms with Crippen LogP contribution in [-0.4, -0.2) is 23.2 Å². The predicted molar refractivity (Wildman–Crippen MR) is 102 cm³/mol. The zero-order valence-electron chi connectivity index (χ0n) is 14.2. The van der Waals surface area contributed by atoms with Crippen LogP contribution in [0.25, 0.3) is 10.6 Å². The minimum absolute atomic E-state index is 0.208. The zero-order valence-corrected chi connectivity index (χ0v) is 15.7. The van der Waals surface area contributed by atoms with Crippen LogP contribution < -0.4 is 9.47 Å². The minimum atomic E-state index is -0.993. The lowest BCUT2D eigenvalue weighted by Crippen LogP contribution is -2.00. The van der Waals surface area contributed by atoms with Crippen LogP contribution in [0.4, 0.5) is 0 Å². The Labute approximate surface area is 159 Å². The highest BCUT2D eigenvalue weighted by atomic mass is 35.5. The molecule has 0 atom stereocenters. The second-order valence-electron chi connectivity index (χ2n) is 5.46. The van der Waals surface area contributed by atoms with Crippen molar-refractivity contribution in [2.24, 2.45) is 0 Å². The molecule has 1 aromatic heterocycles. The van der Waals surface area contributed by atoms with Gasteiger partial charge in [-0.15, -0.1) is 11.3 Å². The number of benzene rings is 2. The molecule has 3 rings (SSSR count). The van der Waals surface area contributed by atoms with Crippen LogP contribution in [-0.2, 0) is 6.61 Å². The van der Waals surface area contributed by atoms with Crippen LogP contribution in [0.3, 0.4) is 0 Å². The lowest BCUT2D eigenvalue weighted by atomic mass is 10.2. The van der Waals surface area contributed by atoms with Crippen molar-refractivity contribution in [2.75, 3.05) is 7.11 Å². The van der Waals surface area contributed by atoms with Gasteiger partial charge in [0.15, 0.2) is 11.5 Å². The number of nitrogens with zero attached hydrogens (tertiary/aromatic N) is 1. The maximum atomic E-state index is 11.3. The van der Waals surface area contributed by atoms with Gasteiger partial charge in [0.2, 0.25) is 0 Å². The van der Waals surface area contributed by atoms with E-state index in [1.165, 1.54) is 0 Å². The summed E-state index contributed by atoms with van der Waals surface area (Å²) in [5.74, 6) is 0.0487. The van der Waals surface area contributed by atoms with E-state index in [2.05, 4.69) is 4.98 Å². The number of carboxylic acids is 1. The van der Waals surface area contributed by atoms with Crippen molar-refractivity contribution in [1.82, 2.24) is 4.98 Å². The first-order valence-electron chi connectivity index (χ1n) is 7.75. The SMILES string of the molecule is COc1cccc(-c2nc(C)c(C(=O)O)s2)c1OCc1ccccc1Cl. The summed E-state index contributed by atoms with van der Waals surface area (Å²) in [6.07, 6.45) is 0. The number of rotatable bonds is 6. The number of aromatic nitrogens is 1. The highest BCUT2D eigenvalue weighted by Crippen LogP contribution is 2.41. The average molecular weight is 390 g/mol. The van der Waals surface area contributed by atoms with Gasteiger partial charge < -0.3 is 14.6 Å². The lowest BCUT2D eigenvalue weighted by molar-refractivity contribution is 0.0701. The molecule has 26 heavy (non-hydrogen) atoms. The summed E-state index contributed by atoms with van der Waals surface area (Å²) < 4.78 is 11.4. The number of methoxy groups -OCH3 is 1. The van der Waals surface area contributed by atoms with Crippen LogP contribution in [0.1, 0.15) is 20.9 Å². The predicted octanol–water partition coefficient (Wildman–Crippen LogP) is 5.06. The van der Waals surface area contributed by atoms with E-state index in [0.717, 1.165) is 16.9 Å². The first-order valence-corrected chi connectivity index (χ1v) is 8.95. The maximum absolute atomic E-state index is 11.3. The molecule has 1 N–H and O–H groups in total. The quantitative estimate of drug-likeness (QED) is 0.638. The molecule has 0 saturated carbocycles. The first-order chi connectivity index (χ1) is 12.5. The van der Waals surface area contributed by atoms with Crippen molar-refractivity contribution in [2.45, 2.75) is 13.5 Å². The highest BCUT2D eigenvalue weighted by Gasteiger charge is 2.20. The molecule has 0 aliphatic carbocycles. The van der Waals surface area contributed by atoms with Crippen molar-refractivity contribution in [1.29, 1.82) is 0 Å². The van der Waals surface area contributed by atoms with Crippen LogP contribution in [0.2, 0.25) is 5.02 Å². The fourth-order valence-corrected chi connectivity index (χ4v) is 3.59. The molecule has 0 unspecified atom stereocenters. The Balaban J connectivity index is 2.00. The number of halogens is 1. The summed E-state index contributed by atoms with van der Waals surface area (Å²) in [6.45, 7) is 1.93. The number of ether oxygens (including phenoxy) is 2. The van der Waals surface area contributed by atoms with E-state index in [0.29, 0.717) is 32.8 Å². The second-order valence-corrected chi connectivity index (χ2v) is 6.86. The molecule has 0 amide bonds. The number of carboxylic acid groups (broad SMARTS) is 1. The van der Waals surface area contributed by atoms with Crippen molar-refractivity contribution < 1.29 is 19.4 Å². The summed E-state index contributed by atoms with van der Waals surface area (Å²) in [4.78, 5) is 15.9. The molecule has 0 fully saturated rings. The molecule has 0 radical (unpaired) electrons.